The van der Waals surface area contributed by atoms with Gasteiger partial charge in [0.25, 0.3) is 0 Å². The van der Waals surface area contributed by atoms with Crippen molar-refractivity contribution in [3.63, 3.8) is 0 Å². The molecule has 0 spiro atoms. The average molecular weight is 279 g/mol. The number of rotatable bonds is 1. The van der Waals surface area contributed by atoms with Crippen molar-refractivity contribution in [2.45, 2.75) is 41.8 Å². The minimum Gasteiger partial charge on any atom is -0.385 e. The molecule has 0 amide bonds. The molecule has 2 atom stereocenters. The molecule has 2 bridgehead atoms. The molecule has 100 valence electrons. The first-order chi connectivity index (χ1) is 9.03. The van der Waals surface area contributed by atoms with Crippen molar-refractivity contribution >= 4 is 10.8 Å². The van der Waals surface area contributed by atoms with Crippen molar-refractivity contribution in [1.82, 2.24) is 0 Å². The summed E-state index contributed by atoms with van der Waals surface area (Å²) < 4.78 is 26.0. The quantitative estimate of drug-likeness (QED) is 0.854. The average Bonchev–Trinajstić information content (AvgIpc) is 2.62. The van der Waals surface area contributed by atoms with Gasteiger partial charge in [-0.1, -0.05) is 6.07 Å². The van der Waals surface area contributed by atoms with Crippen LogP contribution in [0.4, 0.5) is 4.39 Å². The molecule has 3 rings (SSSR count). The van der Waals surface area contributed by atoms with Crippen molar-refractivity contribution in [3.05, 3.63) is 35.1 Å². The number of halogens is 1. The van der Waals surface area contributed by atoms with Gasteiger partial charge in [-0.25, -0.2) is 4.39 Å². The lowest BCUT2D eigenvalue weighted by atomic mass is 9.85. The van der Waals surface area contributed by atoms with E-state index in [-0.39, 0.29) is 21.6 Å². The smallest absolute Gasteiger partial charge is 0.130 e. The molecular formula is C14H14FNO2S. The van der Waals surface area contributed by atoms with E-state index in [0.29, 0.717) is 12.8 Å². The Hall–Kier alpha value is -1.25. The second kappa shape index (κ2) is 4.39. The van der Waals surface area contributed by atoms with E-state index in [4.69, 9.17) is 5.26 Å². The van der Waals surface area contributed by atoms with E-state index < -0.39 is 22.2 Å². The molecule has 2 aliphatic heterocycles. The van der Waals surface area contributed by atoms with Crippen molar-refractivity contribution in [2.24, 2.45) is 0 Å². The van der Waals surface area contributed by atoms with Gasteiger partial charge in [-0.2, -0.15) is 5.26 Å². The monoisotopic (exact) mass is 279 g/mol. The Bertz CT molecular complexity index is 580. The highest BCUT2D eigenvalue weighted by Gasteiger charge is 2.49. The summed E-state index contributed by atoms with van der Waals surface area (Å²) in [5, 5.41) is 19.4. The van der Waals surface area contributed by atoms with Crippen molar-refractivity contribution in [2.75, 3.05) is 0 Å². The van der Waals surface area contributed by atoms with Gasteiger partial charge in [0, 0.05) is 26.9 Å². The molecule has 2 saturated heterocycles. The van der Waals surface area contributed by atoms with Gasteiger partial charge in [0.2, 0.25) is 0 Å². The van der Waals surface area contributed by atoms with Gasteiger partial charge in [0.05, 0.1) is 17.2 Å². The van der Waals surface area contributed by atoms with Gasteiger partial charge in [0.15, 0.2) is 0 Å². The van der Waals surface area contributed by atoms with Crippen LogP contribution in [-0.4, -0.2) is 19.8 Å². The maximum absolute atomic E-state index is 14.1. The van der Waals surface area contributed by atoms with Crippen molar-refractivity contribution in [3.8, 4) is 6.07 Å². The number of nitrogens with zero attached hydrogens (tertiary/aromatic N) is 1. The number of fused-ring (bicyclic) bond motifs is 2. The van der Waals surface area contributed by atoms with Crippen LogP contribution in [0.5, 0.6) is 0 Å². The highest BCUT2D eigenvalue weighted by molar-refractivity contribution is 7.86. The fourth-order valence-corrected chi connectivity index (χ4v) is 5.42. The van der Waals surface area contributed by atoms with E-state index >= 15 is 0 Å². The van der Waals surface area contributed by atoms with E-state index in [0.717, 1.165) is 18.9 Å². The van der Waals surface area contributed by atoms with Gasteiger partial charge in [-0.15, -0.1) is 0 Å². The van der Waals surface area contributed by atoms with Crippen LogP contribution in [-0.2, 0) is 16.4 Å². The van der Waals surface area contributed by atoms with Crippen LogP contribution >= 0.6 is 0 Å². The number of hydrogen-bond acceptors (Lipinski definition) is 3. The zero-order valence-electron chi connectivity index (χ0n) is 10.3. The molecule has 1 aromatic rings. The van der Waals surface area contributed by atoms with Crippen LogP contribution in [0, 0.1) is 17.1 Å². The standard InChI is InChI=1S/C14H14FNO2S/c15-13-5-9(8-16)1-4-12(13)14(17)6-10-2-3-11(7-14)19(10)18/h1,4-5,10-11,17H,2-3,6-7H2. The minimum absolute atomic E-state index is 0.0289. The molecule has 0 saturated carbocycles. The maximum Gasteiger partial charge on any atom is 0.130 e. The molecule has 2 fully saturated rings. The Morgan fingerprint density at radius 1 is 1.37 bits per heavy atom. The van der Waals surface area contributed by atoms with Crippen LogP contribution in [0.1, 0.15) is 36.8 Å². The third-order valence-corrected chi connectivity index (χ3v) is 6.32. The second-order valence-electron chi connectivity index (χ2n) is 5.40. The summed E-state index contributed by atoms with van der Waals surface area (Å²) in [7, 11) is -0.886. The molecule has 2 heterocycles. The number of nitriles is 1. The SMILES string of the molecule is N#Cc1ccc(C2(O)CC3CCC(C2)S3=O)c(F)c1. The number of benzene rings is 1. The Morgan fingerprint density at radius 3 is 2.53 bits per heavy atom. The van der Waals surface area contributed by atoms with Gasteiger partial charge >= 0.3 is 0 Å². The van der Waals surface area contributed by atoms with Crippen LogP contribution in [0.2, 0.25) is 0 Å². The Balaban J connectivity index is 1.98. The first kappa shape index (κ1) is 12.8. The lowest BCUT2D eigenvalue weighted by Crippen LogP contribution is -2.40. The first-order valence-electron chi connectivity index (χ1n) is 6.35. The van der Waals surface area contributed by atoms with E-state index in [1.807, 2.05) is 6.07 Å². The highest BCUT2D eigenvalue weighted by Crippen LogP contribution is 2.46. The van der Waals surface area contributed by atoms with E-state index in [2.05, 4.69) is 0 Å². The molecular weight excluding hydrogens is 265 g/mol. The van der Waals surface area contributed by atoms with Crippen molar-refractivity contribution in [1.29, 1.82) is 5.26 Å². The van der Waals surface area contributed by atoms with Gasteiger partial charge < -0.3 is 5.11 Å². The predicted octanol–water partition coefficient (Wildman–Crippen LogP) is 1.96. The first-order valence-corrected chi connectivity index (χ1v) is 7.63. The number of aliphatic hydroxyl groups is 1. The summed E-state index contributed by atoms with van der Waals surface area (Å²) in [6.07, 6.45) is 2.38. The molecule has 3 nitrogen and oxygen atoms in total. The highest BCUT2D eigenvalue weighted by atomic mass is 32.2. The molecule has 2 aliphatic rings. The zero-order chi connectivity index (χ0) is 13.6. The Labute approximate surface area is 113 Å². The molecule has 1 aromatic carbocycles. The third kappa shape index (κ3) is 1.99. The molecule has 0 radical (unpaired) electrons. The molecule has 2 unspecified atom stereocenters. The minimum atomic E-state index is -1.24. The predicted molar refractivity (Wildman–Crippen MR) is 69.2 cm³/mol. The van der Waals surface area contributed by atoms with Gasteiger partial charge in [0.1, 0.15) is 5.82 Å². The second-order valence-corrected chi connectivity index (χ2v) is 7.39. The lowest BCUT2D eigenvalue weighted by molar-refractivity contribution is 0.0151. The summed E-state index contributed by atoms with van der Waals surface area (Å²) in [6, 6.07) is 6.04. The van der Waals surface area contributed by atoms with E-state index in [1.165, 1.54) is 12.1 Å². The van der Waals surface area contributed by atoms with Crippen LogP contribution in [0.25, 0.3) is 0 Å². The molecule has 19 heavy (non-hydrogen) atoms. The van der Waals surface area contributed by atoms with Gasteiger partial charge in [-0.3, -0.25) is 4.21 Å². The largest absolute Gasteiger partial charge is 0.385 e. The summed E-state index contributed by atoms with van der Waals surface area (Å²) in [4.78, 5) is 0. The summed E-state index contributed by atoms with van der Waals surface area (Å²) in [6.45, 7) is 0. The zero-order valence-corrected chi connectivity index (χ0v) is 11.1. The Kier molecular flexibility index (Phi) is 2.95. The fraction of sp³-hybridized carbons (Fsp3) is 0.500. The normalized spacial score (nSPS) is 37.0. The van der Waals surface area contributed by atoms with Crippen LogP contribution in [0.15, 0.2) is 18.2 Å². The Morgan fingerprint density at radius 2 is 2.00 bits per heavy atom. The molecule has 5 heteroatoms. The van der Waals surface area contributed by atoms with Crippen molar-refractivity contribution < 1.29 is 13.7 Å². The topological polar surface area (TPSA) is 61.1 Å². The summed E-state index contributed by atoms with van der Waals surface area (Å²) in [5.74, 6) is -0.548. The fourth-order valence-electron chi connectivity index (χ4n) is 3.26. The third-order valence-electron chi connectivity index (χ3n) is 4.20. The van der Waals surface area contributed by atoms with Crippen LogP contribution in [0.3, 0.4) is 0 Å². The molecule has 1 N–H and O–H groups in total. The van der Waals surface area contributed by atoms with Crippen LogP contribution < -0.4 is 0 Å². The molecule has 0 aromatic heterocycles. The van der Waals surface area contributed by atoms with E-state index in [9.17, 15) is 13.7 Å². The number of hydrogen-bond donors (Lipinski definition) is 1. The maximum atomic E-state index is 14.1. The van der Waals surface area contributed by atoms with Gasteiger partial charge in [-0.05, 0) is 37.8 Å². The van der Waals surface area contributed by atoms with E-state index in [1.54, 1.807) is 0 Å². The summed E-state index contributed by atoms with van der Waals surface area (Å²) >= 11 is 0. The molecule has 0 aliphatic carbocycles. The summed E-state index contributed by atoms with van der Waals surface area (Å²) in [5.41, 5.74) is -0.759. The lowest BCUT2D eigenvalue weighted by Gasteiger charge is -2.36.